The molecule has 1 aliphatic carbocycles. The van der Waals surface area contributed by atoms with Crippen molar-refractivity contribution in [1.29, 1.82) is 0 Å². The van der Waals surface area contributed by atoms with Crippen LogP contribution in [0.4, 0.5) is 0 Å². The third-order valence-electron chi connectivity index (χ3n) is 3.48. The van der Waals surface area contributed by atoms with Crippen molar-refractivity contribution in [3.05, 3.63) is 41.5 Å². The van der Waals surface area contributed by atoms with Crippen molar-refractivity contribution < 1.29 is 5.11 Å². The lowest BCUT2D eigenvalue weighted by atomic mass is 10.1. The quantitative estimate of drug-likeness (QED) is 0.874. The zero-order chi connectivity index (χ0) is 13.4. The maximum Gasteiger partial charge on any atom is 0.154 e. The van der Waals surface area contributed by atoms with E-state index in [-0.39, 0.29) is 11.8 Å². The fourth-order valence-corrected chi connectivity index (χ4v) is 2.23. The Kier molecular flexibility index (Phi) is 2.98. The average Bonchev–Trinajstić information content (AvgIpc) is 3.16. The molecule has 1 aliphatic rings. The summed E-state index contributed by atoms with van der Waals surface area (Å²) in [7, 11) is 1.89. The zero-order valence-corrected chi connectivity index (χ0v) is 11.0. The van der Waals surface area contributed by atoms with Gasteiger partial charge in [0.25, 0.3) is 0 Å². The molecule has 3 rings (SSSR count). The molecule has 1 aromatic heterocycles. The van der Waals surface area contributed by atoms with Gasteiger partial charge in [0.05, 0.1) is 6.04 Å². The molecule has 19 heavy (non-hydrogen) atoms. The molecule has 5 nitrogen and oxygen atoms in total. The first-order valence-electron chi connectivity index (χ1n) is 6.58. The molecule has 0 amide bonds. The van der Waals surface area contributed by atoms with Gasteiger partial charge in [-0.1, -0.05) is 12.1 Å². The van der Waals surface area contributed by atoms with Gasteiger partial charge >= 0.3 is 0 Å². The summed E-state index contributed by atoms with van der Waals surface area (Å²) in [6, 6.07) is 6.94. The normalized spacial score (nSPS) is 16.5. The summed E-state index contributed by atoms with van der Waals surface area (Å²) < 4.78 is 1.79. The highest BCUT2D eigenvalue weighted by molar-refractivity contribution is 5.27. The van der Waals surface area contributed by atoms with Crippen molar-refractivity contribution in [2.75, 3.05) is 0 Å². The number of hydrogen-bond acceptors (Lipinski definition) is 4. The van der Waals surface area contributed by atoms with Crippen molar-refractivity contribution in [2.45, 2.75) is 31.2 Å². The van der Waals surface area contributed by atoms with Gasteiger partial charge in [-0.25, -0.2) is 4.98 Å². The Labute approximate surface area is 112 Å². The largest absolute Gasteiger partial charge is 0.508 e. The monoisotopic (exact) mass is 258 g/mol. The van der Waals surface area contributed by atoms with Gasteiger partial charge < -0.3 is 10.8 Å². The van der Waals surface area contributed by atoms with Gasteiger partial charge in [0.15, 0.2) is 5.82 Å². The third-order valence-corrected chi connectivity index (χ3v) is 3.48. The van der Waals surface area contributed by atoms with Crippen LogP contribution in [0.5, 0.6) is 5.75 Å². The first-order valence-corrected chi connectivity index (χ1v) is 6.58. The molecular formula is C14H18N4O. The zero-order valence-electron chi connectivity index (χ0n) is 11.0. The minimum Gasteiger partial charge on any atom is -0.508 e. The molecule has 5 heteroatoms. The van der Waals surface area contributed by atoms with Crippen LogP contribution in [0.1, 0.15) is 42.0 Å². The van der Waals surface area contributed by atoms with Crippen molar-refractivity contribution in [3.63, 3.8) is 0 Å². The minimum atomic E-state index is -0.172. The second-order valence-electron chi connectivity index (χ2n) is 5.20. The summed E-state index contributed by atoms with van der Waals surface area (Å²) in [6.45, 7) is 0. The summed E-state index contributed by atoms with van der Waals surface area (Å²) in [6.07, 6.45) is 3.07. The molecular weight excluding hydrogens is 240 g/mol. The smallest absolute Gasteiger partial charge is 0.154 e. The van der Waals surface area contributed by atoms with E-state index >= 15 is 0 Å². The Morgan fingerprint density at radius 2 is 2.05 bits per heavy atom. The van der Waals surface area contributed by atoms with Crippen LogP contribution in [0.25, 0.3) is 0 Å². The maximum atomic E-state index is 9.27. The van der Waals surface area contributed by atoms with E-state index in [1.165, 1.54) is 12.8 Å². The number of phenolic OH excluding ortho intramolecular Hbond substituents is 1. The Bertz CT molecular complexity index is 572. The van der Waals surface area contributed by atoms with E-state index < -0.39 is 0 Å². The molecule has 1 fully saturated rings. The highest BCUT2D eigenvalue weighted by Gasteiger charge is 2.29. The number of rotatable bonds is 4. The SMILES string of the molecule is Cn1nc(C2CC2)nc1C(N)Cc1ccc(O)cc1. The molecule has 1 saturated carbocycles. The van der Waals surface area contributed by atoms with E-state index in [0.29, 0.717) is 12.3 Å². The van der Waals surface area contributed by atoms with Gasteiger partial charge in [0.2, 0.25) is 0 Å². The van der Waals surface area contributed by atoms with Crippen LogP contribution in [0, 0.1) is 0 Å². The minimum absolute atomic E-state index is 0.172. The molecule has 1 unspecified atom stereocenters. The molecule has 0 aliphatic heterocycles. The second-order valence-corrected chi connectivity index (χ2v) is 5.20. The number of phenols is 1. The van der Waals surface area contributed by atoms with Crippen molar-refractivity contribution >= 4 is 0 Å². The standard InChI is InChI=1S/C14H18N4O/c1-18-14(16-13(17-18)10-4-5-10)12(15)8-9-2-6-11(19)7-3-9/h2-3,6-7,10,12,19H,4-5,8,15H2,1H3. The summed E-state index contributed by atoms with van der Waals surface area (Å²) in [5.74, 6) is 2.57. The van der Waals surface area contributed by atoms with E-state index in [2.05, 4.69) is 10.1 Å². The lowest BCUT2D eigenvalue weighted by Gasteiger charge is -2.10. The van der Waals surface area contributed by atoms with Crippen LogP contribution in [0.2, 0.25) is 0 Å². The summed E-state index contributed by atoms with van der Waals surface area (Å²) in [4.78, 5) is 4.56. The van der Waals surface area contributed by atoms with Gasteiger partial charge in [-0.2, -0.15) is 5.10 Å². The van der Waals surface area contributed by atoms with Gasteiger partial charge in [0.1, 0.15) is 11.6 Å². The van der Waals surface area contributed by atoms with E-state index in [0.717, 1.165) is 17.2 Å². The summed E-state index contributed by atoms with van der Waals surface area (Å²) >= 11 is 0. The predicted octanol–water partition coefficient (Wildman–Crippen LogP) is 1.64. The van der Waals surface area contributed by atoms with Gasteiger partial charge in [-0.15, -0.1) is 0 Å². The van der Waals surface area contributed by atoms with Gasteiger partial charge in [-0.05, 0) is 37.0 Å². The van der Waals surface area contributed by atoms with Crippen LogP contribution in [0.3, 0.4) is 0 Å². The molecule has 1 aromatic carbocycles. The summed E-state index contributed by atoms with van der Waals surface area (Å²) in [5.41, 5.74) is 7.30. The summed E-state index contributed by atoms with van der Waals surface area (Å²) in [5, 5.41) is 13.7. The topological polar surface area (TPSA) is 77.0 Å². The Balaban J connectivity index is 1.75. The number of hydrogen-bond donors (Lipinski definition) is 2. The molecule has 100 valence electrons. The fourth-order valence-electron chi connectivity index (χ4n) is 2.23. The van der Waals surface area contributed by atoms with Crippen LogP contribution < -0.4 is 5.73 Å². The maximum absolute atomic E-state index is 9.27. The van der Waals surface area contributed by atoms with Crippen molar-refractivity contribution in [3.8, 4) is 5.75 Å². The molecule has 0 saturated heterocycles. The molecule has 0 bridgehead atoms. The number of benzene rings is 1. The molecule has 0 radical (unpaired) electrons. The van der Waals surface area contributed by atoms with Gasteiger partial charge in [-0.3, -0.25) is 4.68 Å². The number of aromatic hydroxyl groups is 1. The number of aromatic nitrogens is 3. The van der Waals surface area contributed by atoms with Crippen LogP contribution in [0.15, 0.2) is 24.3 Å². The highest BCUT2D eigenvalue weighted by atomic mass is 16.3. The highest BCUT2D eigenvalue weighted by Crippen LogP contribution is 2.38. The molecule has 3 N–H and O–H groups in total. The lowest BCUT2D eigenvalue weighted by Crippen LogP contribution is -2.18. The Morgan fingerprint density at radius 1 is 1.37 bits per heavy atom. The van der Waals surface area contributed by atoms with Crippen molar-refractivity contribution in [1.82, 2.24) is 14.8 Å². The fraction of sp³-hybridized carbons (Fsp3) is 0.429. The van der Waals surface area contributed by atoms with Gasteiger partial charge in [0, 0.05) is 13.0 Å². The average molecular weight is 258 g/mol. The van der Waals surface area contributed by atoms with Crippen LogP contribution >= 0.6 is 0 Å². The van der Waals surface area contributed by atoms with E-state index in [1.807, 2.05) is 19.2 Å². The second kappa shape index (κ2) is 4.66. The number of nitrogens with zero attached hydrogens (tertiary/aromatic N) is 3. The number of aryl methyl sites for hydroxylation is 1. The first-order chi connectivity index (χ1) is 9.13. The van der Waals surface area contributed by atoms with Crippen LogP contribution in [-0.4, -0.2) is 19.9 Å². The van der Waals surface area contributed by atoms with E-state index in [9.17, 15) is 5.11 Å². The first kappa shape index (κ1) is 12.2. The third kappa shape index (κ3) is 2.61. The number of nitrogens with two attached hydrogens (primary N) is 1. The molecule has 1 atom stereocenters. The molecule has 0 spiro atoms. The Morgan fingerprint density at radius 3 is 2.68 bits per heavy atom. The Hall–Kier alpha value is -1.88. The van der Waals surface area contributed by atoms with Crippen LogP contribution in [-0.2, 0) is 13.5 Å². The molecule has 2 aromatic rings. The predicted molar refractivity (Wildman–Crippen MR) is 71.7 cm³/mol. The molecule has 1 heterocycles. The van der Waals surface area contributed by atoms with E-state index in [1.54, 1.807) is 16.8 Å². The lowest BCUT2D eigenvalue weighted by molar-refractivity contribution is 0.475. The van der Waals surface area contributed by atoms with Crippen molar-refractivity contribution in [2.24, 2.45) is 12.8 Å². The van der Waals surface area contributed by atoms with E-state index in [4.69, 9.17) is 5.73 Å².